The first-order valence-electron chi connectivity index (χ1n) is 6.07. The van der Waals surface area contributed by atoms with Crippen LogP contribution in [0.25, 0.3) is 0 Å². The molecule has 0 aliphatic carbocycles. The number of nitrogens with two attached hydrogens (primary N) is 1. The summed E-state index contributed by atoms with van der Waals surface area (Å²) >= 11 is 0. The number of amides is 1. The lowest BCUT2D eigenvalue weighted by Crippen LogP contribution is -2.22. The first-order chi connectivity index (χ1) is 8.79. The van der Waals surface area contributed by atoms with E-state index in [9.17, 15) is 18.0 Å². The molecule has 1 aromatic rings. The summed E-state index contributed by atoms with van der Waals surface area (Å²) in [6, 6.07) is 3.37. The van der Waals surface area contributed by atoms with Gasteiger partial charge in [-0.3, -0.25) is 4.79 Å². The van der Waals surface area contributed by atoms with E-state index in [1.807, 2.05) is 13.8 Å². The number of carbonyl (C=O) groups is 1. The van der Waals surface area contributed by atoms with E-state index in [4.69, 9.17) is 5.73 Å². The molecule has 0 saturated carbocycles. The fourth-order valence-electron chi connectivity index (χ4n) is 1.78. The van der Waals surface area contributed by atoms with Gasteiger partial charge in [0.2, 0.25) is 5.91 Å². The van der Waals surface area contributed by atoms with Crippen molar-refractivity contribution in [3.8, 4) is 0 Å². The number of alkyl halides is 3. The molecule has 0 aliphatic rings. The largest absolute Gasteiger partial charge is 0.418 e. The Morgan fingerprint density at radius 1 is 1.32 bits per heavy atom. The fraction of sp³-hybridized carbons (Fsp3) is 0.462. The molecule has 0 atom stereocenters. The van der Waals surface area contributed by atoms with Gasteiger partial charge in [0.25, 0.3) is 0 Å². The minimum Gasteiger partial charge on any atom is -0.398 e. The third kappa shape index (κ3) is 3.87. The topological polar surface area (TPSA) is 55.1 Å². The van der Waals surface area contributed by atoms with Crippen LogP contribution in [0.15, 0.2) is 18.2 Å². The van der Waals surface area contributed by atoms with E-state index >= 15 is 0 Å². The molecule has 1 amide bonds. The molecule has 106 valence electrons. The normalized spacial score (nSPS) is 11.7. The molecule has 3 N–H and O–H groups in total. The number of nitrogens with one attached hydrogen (secondary N) is 1. The van der Waals surface area contributed by atoms with Crippen molar-refractivity contribution in [2.24, 2.45) is 5.92 Å². The summed E-state index contributed by atoms with van der Waals surface area (Å²) in [6.45, 7) is 3.72. The summed E-state index contributed by atoms with van der Waals surface area (Å²) < 4.78 is 38.0. The van der Waals surface area contributed by atoms with Gasteiger partial charge < -0.3 is 11.1 Å². The summed E-state index contributed by atoms with van der Waals surface area (Å²) in [6.07, 6.45) is -3.24. The van der Waals surface area contributed by atoms with E-state index in [-0.39, 0.29) is 23.2 Å². The van der Waals surface area contributed by atoms with Gasteiger partial charge in [-0.1, -0.05) is 13.8 Å². The molecule has 19 heavy (non-hydrogen) atoms. The van der Waals surface area contributed by atoms with Crippen LogP contribution in [0.3, 0.4) is 0 Å². The molecule has 0 saturated heterocycles. The number of hydrogen-bond acceptors (Lipinski definition) is 2. The van der Waals surface area contributed by atoms with Crippen LogP contribution in [0.2, 0.25) is 0 Å². The van der Waals surface area contributed by atoms with E-state index in [1.165, 1.54) is 6.07 Å². The van der Waals surface area contributed by atoms with Crippen molar-refractivity contribution in [1.82, 2.24) is 0 Å². The molecule has 0 aliphatic heterocycles. The lowest BCUT2D eigenvalue weighted by atomic mass is 10.0. The molecular formula is C13H17F3N2O. The molecule has 0 spiro atoms. The molecule has 1 rings (SSSR count). The van der Waals surface area contributed by atoms with Crippen LogP contribution in [0.5, 0.6) is 0 Å². The van der Waals surface area contributed by atoms with Gasteiger partial charge in [-0.2, -0.15) is 13.2 Å². The quantitative estimate of drug-likeness (QED) is 0.823. The van der Waals surface area contributed by atoms with Crippen molar-refractivity contribution >= 4 is 17.3 Å². The van der Waals surface area contributed by atoms with E-state index in [0.717, 1.165) is 12.1 Å². The van der Waals surface area contributed by atoms with Crippen LogP contribution >= 0.6 is 0 Å². The lowest BCUT2D eigenvalue weighted by Gasteiger charge is -2.15. The molecular weight excluding hydrogens is 257 g/mol. The molecule has 0 bridgehead atoms. The maximum atomic E-state index is 12.7. The maximum absolute atomic E-state index is 12.7. The number of rotatable bonds is 4. The van der Waals surface area contributed by atoms with E-state index < -0.39 is 11.7 Å². The summed E-state index contributed by atoms with van der Waals surface area (Å²) in [5, 5.41) is 2.49. The molecule has 1 aromatic carbocycles. The molecule has 0 fully saturated rings. The van der Waals surface area contributed by atoms with Gasteiger partial charge in [0.05, 0.1) is 5.56 Å². The standard InChI is InChI=1S/C13H17F3N2O/c1-3-8(4-2)12(19)18-9-5-6-11(17)10(7-9)13(14,15)16/h5-8H,3-4,17H2,1-2H3,(H,18,19). The third-order valence-corrected chi connectivity index (χ3v) is 2.98. The van der Waals surface area contributed by atoms with Crippen molar-refractivity contribution in [3.05, 3.63) is 23.8 Å². The van der Waals surface area contributed by atoms with E-state index in [0.29, 0.717) is 12.8 Å². The zero-order valence-corrected chi connectivity index (χ0v) is 10.8. The average molecular weight is 274 g/mol. The Hall–Kier alpha value is -1.72. The van der Waals surface area contributed by atoms with Gasteiger partial charge in [0, 0.05) is 17.3 Å². The van der Waals surface area contributed by atoms with Crippen molar-refractivity contribution in [3.63, 3.8) is 0 Å². The smallest absolute Gasteiger partial charge is 0.398 e. The molecule has 3 nitrogen and oxygen atoms in total. The highest BCUT2D eigenvalue weighted by atomic mass is 19.4. The number of carbonyl (C=O) groups excluding carboxylic acids is 1. The SMILES string of the molecule is CCC(CC)C(=O)Nc1ccc(N)c(C(F)(F)F)c1. The van der Waals surface area contributed by atoms with Crippen LogP contribution < -0.4 is 11.1 Å². The Morgan fingerprint density at radius 3 is 2.37 bits per heavy atom. The summed E-state index contributed by atoms with van der Waals surface area (Å²) in [5.41, 5.74) is 4.11. The predicted molar refractivity (Wildman–Crippen MR) is 68.6 cm³/mol. The number of hydrogen-bond donors (Lipinski definition) is 2. The Labute approximate surface area is 110 Å². The van der Waals surface area contributed by atoms with Gasteiger partial charge in [-0.05, 0) is 31.0 Å². The molecule has 0 aromatic heterocycles. The highest BCUT2D eigenvalue weighted by molar-refractivity contribution is 5.92. The maximum Gasteiger partial charge on any atom is 0.418 e. The van der Waals surface area contributed by atoms with Crippen molar-refractivity contribution in [1.29, 1.82) is 0 Å². The molecule has 0 radical (unpaired) electrons. The Bertz CT molecular complexity index is 454. The first kappa shape index (κ1) is 15.3. The van der Waals surface area contributed by atoms with Gasteiger partial charge in [-0.25, -0.2) is 0 Å². The van der Waals surface area contributed by atoms with Crippen molar-refractivity contribution < 1.29 is 18.0 Å². The van der Waals surface area contributed by atoms with E-state index in [1.54, 1.807) is 0 Å². The zero-order chi connectivity index (χ0) is 14.6. The minimum absolute atomic E-state index is 0.110. The molecule has 0 heterocycles. The Morgan fingerprint density at radius 2 is 1.89 bits per heavy atom. The monoisotopic (exact) mass is 274 g/mol. The number of benzene rings is 1. The summed E-state index contributed by atoms with van der Waals surface area (Å²) in [7, 11) is 0. The van der Waals surface area contributed by atoms with Gasteiger partial charge in [0.1, 0.15) is 0 Å². The summed E-state index contributed by atoms with van der Waals surface area (Å²) in [5.74, 6) is -0.477. The Kier molecular flexibility index (Phi) is 4.80. The average Bonchev–Trinajstić information content (AvgIpc) is 2.31. The zero-order valence-electron chi connectivity index (χ0n) is 10.8. The lowest BCUT2D eigenvalue weighted by molar-refractivity contribution is -0.137. The predicted octanol–water partition coefficient (Wildman–Crippen LogP) is 3.66. The second-order valence-corrected chi connectivity index (χ2v) is 4.30. The van der Waals surface area contributed by atoms with Gasteiger partial charge in [-0.15, -0.1) is 0 Å². The van der Waals surface area contributed by atoms with Gasteiger partial charge in [0.15, 0.2) is 0 Å². The van der Waals surface area contributed by atoms with Crippen LogP contribution in [-0.2, 0) is 11.0 Å². The molecule has 6 heteroatoms. The van der Waals surface area contributed by atoms with Crippen molar-refractivity contribution in [2.45, 2.75) is 32.9 Å². The second kappa shape index (κ2) is 5.95. The van der Waals surface area contributed by atoms with Gasteiger partial charge >= 0.3 is 6.18 Å². The van der Waals surface area contributed by atoms with Crippen LogP contribution in [0.1, 0.15) is 32.3 Å². The highest BCUT2D eigenvalue weighted by Crippen LogP contribution is 2.35. The van der Waals surface area contributed by atoms with Crippen molar-refractivity contribution in [2.75, 3.05) is 11.1 Å². The third-order valence-electron chi connectivity index (χ3n) is 2.98. The van der Waals surface area contributed by atoms with Crippen LogP contribution in [0.4, 0.5) is 24.5 Å². The minimum atomic E-state index is -4.53. The van der Waals surface area contributed by atoms with Crippen LogP contribution in [-0.4, -0.2) is 5.91 Å². The van der Waals surface area contributed by atoms with Crippen LogP contribution in [0, 0.1) is 5.92 Å². The first-order valence-corrected chi connectivity index (χ1v) is 6.07. The molecule has 0 unspecified atom stereocenters. The number of halogens is 3. The second-order valence-electron chi connectivity index (χ2n) is 4.30. The van der Waals surface area contributed by atoms with E-state index in [2.05, 4.69) is 5.32 Å². The summed E-state index contributed by atoms with van der Waals surface area (Å²) in [4.78, 5) is 11.8. The fourth-order valence-corrected chi connectivity index (χ4v) is 1.78. The number of anilines is 2. The number of nitrogen functional groups attached to an aromatic ring is 1. The highest BCUT2D eigenvalue weighted by Gasteiger charge is 2.33. The Balaban J connectivity index is 2.95.